The van der Waals surface area contributed by atoms with Gasteiger partial charge >= 0.3 is 5.97 Å². The van der Waals surface area contributed by atoms with Crippen molar-refractivity contribution in [3.05, 3.63) is 59.1 Å². The van der Waals surface area contributed by atoms with Crippen LogP contribution in [-0.2, 0) is 9.53 Å². The Morgan fingerprint density at radius 3 is 2.50 bits per heavy atom. The van der Waals surface area contributed by atoms with E-state index >= 15 is 0 Å². The van der Waals surface area contributed by atoms with E-state index in [0.717, 1.165) is 0 Å². The van der Waals surface area contributed by atoms with Crippen molar-refractivity contribution in [3.8, 4) is 5.75 Å². The summed E-state index contributed by atoms with van der Waals surface area (Å²) >= 11 is 6.07. The Balaban J connectivity index is 2.01. The molecule has 1 atom stereocenters. The van der Waals surface area contributed by atoms with Crippen molar-refractivity contribution in [2.24, 2.45) is 0 Å². The van der Waals surface area contributed by atoms with Gasteiger partial charge in [-0.05, 0) is 44.2 Å². The molecule has 1 unspecified atom stereocenters. The van der Waals surface area contributed by atoms with Crippen molar-refractivity contribution in [2.45, 2.75) is 20.0 Å². The number of nitrogens with one attached hydrogen (secondary N) is 1. The van der Waals surface area contributed by atoms with Crippen LogP contribution in [-0.4, -0.2) is 24.6 Å². The number of carbonyl (C=O) groups is 2. The van der Waals surface area contributed by atoms with Gasteiger partial charge in [-0.1, -0.05) is 29.8 Å². The van der Waals surface area contributed by atoms with Crippen LogP contribution < -0.4 is 10.1 Å². The molecule has 0 aromatic heterocycles. The molecule has 1 amide bonds. The summed E-state index contributed by atoms with van der Waals surface area (Å²) in [5.41, 5.74) is 0.728. The highest BCUT2D eigenvalue weighted by atomic mass is 35.5. The van der Waals surface area contributed by atoms with Gasteiger partial charge in [0.15, 0.2) is 6.10 Å². The number of ether oxygens (including phenoxy) is 2. The number of hydrogen-bond donors (Lipinski definition) is 1. The molecule has 0 aliphatic rings. The molecule has 0 spiro atoms. The lowest BCUT2D eigenvalue weighted by atomic mass is 10.2. The minimum atomic E-state index is -0.684. The molecular weight excluding hydrogens is 330 g/mol. The summed E-state index contributed by atoms with van der Waals surface area (Å²) in [6.07, 6.45) is -0.684. The lowest BCUT2D eigenvalue weighted by molar-refractivity contribution is -0.122. The number of halogens is 1. The number of rotatable bonds is 6. The van der Waals surface area contributed by atoms with E-state index in [0.29, 0.717) is 11.4 Å². The Hall–Kier alpha value is -2.53. The standard InChI is InChI=1S/C18H18ClNO4/c1-3-23-18(22)15-10-9-13(11-16(15)19)20-17(21)12(2)24-14-7-5-4-6-8-14/h4-12H,3H2,1-2H3,(H,20,21). The Labute approximate surface area is 145 Å². The van der Waals surface area contributed by atoms with E-state index in [1.54, 1.807) is 32.0 Å². The summed E-state index contributed by atoms with van der Waals surface area (Å²) in [7, 11) is 0. The molecular formula is C18H18ClNO4. The van der Waals surface area contributed by atoms with Crippen LogP contribution in [0.5, 0.6) is 5.75 Å². The maximum Gasteiger partial charge on any atom is 0.339 e. The van der Waals surface area contributed by atoms with Gasteiger partial charge in [0.25, 0.3) is 5.91 Å². The number of anilines is 1. The maximum atomic E-state index is 12.2. The van der Waals surface area contributed by atoms with Gasteiger partial charge in [-0.15, -0.1) is 0 Å². The van der Waals surface area contributed by atoms with Crippen molar-refractivity contribution in [2.75, 3.05) is 11.9 Å². The highest BCUT2D eigenvalue weighted by Crippen LogP contribution is 2.22. The average molecular weight is 348 g/mol. The zero-order valence-corrected chi connectivity index (χ0v) is 14.2. The normalized spacial score (nSPS) is 11.5. The molecule has 2 rings (SSSR count). The van der Waals surface area contributed by atoms with Crippen LogP contribution in [0.2, 0.25) is 5.02 Å². The third kappa shape index (κ3) is 4.73. The SMILES string of the molecule is CCOC(=O)c1ccc(NC(=O)C(C)Oc2ccccc2)cc1Cl. The molecule has 5 nitrogen and oxygen atoms in total. The zero-order chi connectivity index (χ0) is 17.5. The van der Waals surface area contributed by atoms with E-state index in [1.165, 1.54) is 12.1 Å². The summed E-state index contributed by atoms with van der Waals surface area (Å²) in [6.45, 7) is 3.63. The molecule has 0 fully saturated rings. The first kappa shape index (κ1) is 17.8. The Morgan fingerprint density at radius 1 is 1.17 bits per heavy atom. The highest BCUT2D eigenvalue weighted by Gasteiger charge is 2.17. The third-order valence-corrected chi connectivity index (χ3v) is 3.47. The van der Waals surface area contributed by atoms with Crippen molar-refractivity contribution in [1.29, 1.82) is 0 Å². The minimum Gasteiger partial charge on any atom is -0.481 e. The monoisotopic (exact) mass is 347 g/mol. The number of carbonyl (C=O) groups excluding carboxylic acids is 2. The van der Waals surface area contributed by atoms with Crippen molar-refractivity contribution >= 4 is 29.2 Å². The molecule has 1 N–H and O–H groups in total. The molecule has 2 aromatic carbocycles. The molecule has 0 radical (unpaired) electrons. The van der Waals surface area contributed by atoms with Crippen LogP contribution in [0.1, 0.15) is 24.2 Å². The minimum absolute atomic E-state index is 0.211. The largest absolute Gasteiger partial charge is 0.481 e. The summed E-state index contributed by atoms with van der Waals surface area (Å²) < 4.78 is 10.5. The number of benzene rings is 2. The fourth-order valence-electron chi connectivity index (χ4n) is 1.97. The number of esters is 1. The number of hydrogen-bond acceptors (Lipinski definition) is 4. The lowest BCUT2D eigenvalue weighted by Crippen LogP contribution is -2.30. The summed E-state index contributed by atoms with van der Waals surface area (Å²) in [5, 5.41) is 2.91. The first-order valence-electron chi connectivity index (χ1n) is 7.50. The topological polar surface area (TPSA) is 64.6 Å². The van der Waals surface area contributed by atoms with Crippen LogP contribution in [0, 0.1) is 0 Å². The quantitative estimate of drug-likeness (QED) is 0.804. The fraction of sp³-hybridized carbons (Fsp3) is 0.222. The number of para-hydroxylation sites is 1. The summed E-state index contributed by atoms with van der Waals surface area (Å²) in [6, 6.07) is 13.7. The first-order valence-corrected chi connectivity index (χ1v) is 7.88. The van der Waals surface area contributed by atoms with Crippen LogP contribution in [0.4, 0.5) is 5.69 Å². The van der Waals surface area contributed by atoms with Gasteiger partial charge in [-0.25, -0.2) is 4.79 Å². The summed E-state index contributed by atoms with van der Waals surface area (Å²) in [5.74, 6) is -0.212. The second-order valence-electron chi connectivity index (χ2n) is 4.98. The van der Waals surface area contributed by atoms with Crippen LogP contribution in [0.3, 0.4) is 0 Å². The van der Waals surface area contributed by atoms with E-state index in [4.69, 9.17) is 21.1 Å². The van der Waals surface area contributed by atoms with Crippen molar-refractivity contribution in [1.82, 2.24) is 0 Å². The van der Waals surface area contributed by atoms with E-state index < -0.39 is 12.1 Å². The predicted molar refractivity (Wildman–Crippen MR) is 92.6 cm³/mol. The molecule has 0 aliphatic carbocycles. The smallest absolute Gasteiger partial charge is 0.339 e. The first-order chi connectivity index (χ1) is 11.5. The van der Waals surface area contributed by atoms with Gasteiger partial charge in [0.05, 0.1) is 17.2 Å². The molecule has 0 saturated carbocycles. The molecule has 126 valence electrons. The zero-order valence-electron chi connectivity index (χ0n) is 13.4. The van der Waals surface area contributed by atoms with E-state index in [2.05, 4.69) is 5.32 Å². The van der Waals surface area contributed by atoms with E-state index in [-0.39, 0.29) is 23.1 Å². The Morgan fingerprint density at radius 2 is 1.88 bits per heavy atom. The molecule has 6 heteroatoms. The second-order valence-corrected chi connectivity index (χ2v) is 5.38. The maximum absolute atomic E-state index is 12.2. The highest BCUT2D eigenvalue weighted by molar-refractivity contribution is 6.34. The van der Waals surface area contributed by atoms with Crippen LogP contribution >= 0.6 is 11.6 Å². The van der Waals surface area contributed by atoms with Gasteiger partial charge in [0.2, 0.25) is 0 Å². The fourth-order valence-corrected chi connectivity index (χ4v) is 2.23. The van der Waals surface area contributed by atoms with E-state index in [1.807, 2.05) is 18.2 Å². The molecule has 0 saturated heterocycles. The second kappa shape index (κ2) is 8.36. The third-order valence-electron chi connectivity index (χ3n) is 3.16. The van der Waals surface area contributed by atoms with Gasteiger partial charge in [-0.2, -0.15) is 0 Å². The van der Waals surface area contributed by atoms with Gasteiger partial charge in [0.1, 0.15) is 5.75 Å². The molecule has 0 bridgehead atoms. The average Bonchev–Trinajstić information content (AvgIpc) is 2.56. The van der Waals surface area contributed by atoms with Gasteiger partial charge < -0.3 is 14.8 Å². The Kier molecular flexibility index (Phi) is 6.21. The van der Waals surface area contributed by atoms with E-state index in [9.17, 15) is 9.59 Å². The number of amides is 1. The van der Waals surface area contributed by atoms with Crippen molar-refractivity contribution < 1.29 is 19.1 Å². The van der Waals surface area contributed by atoms with Crippen LogP contribution in [0.15, 0.2) is 48.5 Å². The predicted octanol–water partition coefficient (Wildman–Crippen LogP) is 3.92. The Bertz CT molecular complexity index is 718. The lowest BCUT2D eigenvalue weighted by Gasteiger charge is -2.15. The molecule has 24 heavy (non-hydrogen) atoms. The molecule has 0 aliphatic heterocycles. The molecule has 2 aromatic rings. The van der Waals surface area contributed by atoms with Crippen molar-refractivity contribution in [3.63, 3.8) is 0 Å². The summed E-state index contributed by atoms with van der Waals surface area (Å²) in [4.78, 5) is 23.9. The van der Waals surface area contributed by atoms with Gasteiger partial charge in [0, 0.05) is 5.69 Å². The molecule has 0 heterocycles. The van der Waals surface area contributed by atoms with Crippen LogP contribution in [0.25, 0.3) is 0 Å². The van der Waals surface area contributed by atoms with Gasteiger partial charge in [-0.3, -0.25) is 4.79 Å².